The maximum atomic E-state index is 11.8. The SMILES string of the molecule is CCc1ccc(NS(=O)(=O)CC(C)CCl)cc1. The van der Waals surface area contributed by atoms with Crippen molar-refractivity contribution in [1.29, 1.82) is 0 Å². The summed E-state index contributed by atoms with van der Waals surface area (Å²) in [4.78, 5) is 0. The topological polar surface area (TPSA) is 46.2 Å². The lowest BCUT2D eigenvalue weighted by Gasteiger charge is -2.11. The van der Waals surface area contributed by atoms with Gasteiger partial charge < -0.3 is 0 Å². The van der Waals surface area contributed by atoms with Crippen molar-refractivity contribution >= 4 is 27.3 Å². The van der Waals surface area contributed by atoms with Gasteiger partial charge in [-0.3, -0.25) is 4.72 Å². The van der Waals surface area contributed by atoms with E-state index < -0.39 is 10.0 Å². The Balaban J connectivity index is 2.69. The van der Waals surface area contributed by atoms with Crippen LogP contribution in [-0.4, -0.2) is 20.1 Å². The molecule has 17 heavy (non-hydrogen) atoms. The molecule has 0 aliphatic carbocycles. The van der Waals surface area contributed by atoms with E-state index in [1.54, 1.807) is 12.1 Å². The predicted molar refractivity (Wildman–Crippen MR) is 73.1 cm³/mol. The molecule has 0 heterocycles. The van der Waals surface area contributed by atoms with E-state index in [1.165, 1.54) is 5.56 Å². The second kappa shape index (κ2) is 6.26. The normalized spacial score (nSPS) is 13.4. The lowest BCUT2D eigenvalue weighted by Crippen LogP contribution is -2.22. The van der Waals surface area contributed by atoms with Gasteiger partial charge in [0.1, 0.15) is 0 Å². The highest BCUT2D eigenvalue weighted by Crippen LogP contribution is 2.13. The van der Waals surface area contributed by atoms with Crippen LogP contribution in [0.2, 0.25) is 0 Å². The van der Waals surface area contributed by atoms with Crippen LogP contribution in [0.5, 0.6) is 0 Å². The number of sulfonamides is 1. The van der Waals surface area contributed by atoms with Crippen molar-refractivity contribution in [2.75, 3.05) is 16.4 Å². The Bertz CT molecular complexity index is 442. The molecule has 96 valence electrons. The van der Waals surface area contributed by atoms with Gasteiger partial charge in [0, 0.05) is 11.6 Å². The van der Waals surface area contributed by atoms with Gasteiger partial charge in [0.05, 0.1) is 5.75 Å². The Hall–Kier alpha value is -0.740. The number of alkyl halides is 1. The van der Waals surface area contributed by atoms with Crippen molar-refractivity contribution in [1.82, 2.24) is 0 Å². The number of aryl methyl sites for hydroxylation is 1. The molecule has 0 aromatic heterocycles. The van der Waals surface area contributed by atoms with E-state index in [2.05, 4.69) is 11.6 Å². The monoisotopic (exact) mass is 275 g/mol. The maximum Gasteiger partial charge on any atom is 0.233 e. The minimum Gasteiger partial charge on any atom is -0.284 e. The number of anilines is 1. The van der Waals surface area contributed by atoms with Gasteiger partial charge >= 0.3 is 0 Å². The third-order valence-electron chi connectivity index (χ3n) is 2.40. The van der Waals surface area contributed by atoms with Crippen LogP contribution in [0.15, 0.2) is 24.3 Å². The summed E-state index contributed by atoms with van der Waals surface area (Å²) < 4.78 is 26.1. The molecule has 1 N–H and O–H groups in total. The molecule has 0 radical (unpaired) electrons. The van der Waals surface area contributed by atoms with E-state index in [4.69, 9.17) is 11.6 Å². The van der Waals surface area contributed by atoms with Crippen LogP contribution in [0.25, 0.3) is 0 Å². The van der Waals surface area contributed by atoms with Gasteiger partial charge in [-0.25, -0.2) is 8.42 Å². The van der Waals surface area contributed by atoms with Gasteiger partial charge in [0.2, 0.25) is 10.0 Å². The minimum absolute atomic E-state index is 0.0476. The molecule has 0 saturated carbocycles. The Kier molecular flexibility index (Phi) is 5.28. The molecule has 0 spiro atoms. The van der Waals surface area contributed by atoms with Gasteiger partial charge in [-0.05, 0) is 30.0 Å². The number of benzene rings is 1. The summed E-state index contributed by atoms with van der Waals surface area (Å²) in [5.41, 5.74) is 1.78. The molecule has 0 saturated heterocycles. The standard InChI is InChI=1S/C12H18ClNO2S/c1-3-11-4-6-12(7-5-11)14-17(15,16)9-10(2)8-13/h4-7,10,14H,3,8-9H2,1-2H3. The molecule has 0 bridgehead atoms. The first-order valence-electron chi connectivity index (χ1n) is 5.62. The zero-order chi connectivity index (χ0) is 12.9. The van der Waals surface area contributed by atoms with E-state index in [1.807, 2.05) is 19.1 Å². The molecule has 1 atom stereocenters. The molecule has 0 fully saturated rings. The Morgan fingerprint density at radius 3 is 2.35 bits per heavy atom. The number of hydrogen-bond donors (Lipinski definition) is 1. The molecular weight excluding hydrogens is 258 g/mol. The second-order valence-corrected chi connectivity index (χ2v) is 6.27. The maximum absolute atomic E-state index is 11.8. The van der Waals surface area contributed by atoms with Crippen molar-refractivity contribution in [3.63, 3.8) is 0 Å². The molecule has 1 rings (SSSR count). The van der Waals surface area contributed by atoms with E-state index >= 15 is 0 Å². The fourth-order valence-corrected chi connectivity index (χ4v) is 3.13. The highest BCUT2D eigenvalue weighted by Gasteiger charge is 2.14. The molecule has 0 aliphatic rings. The summed E-state index contributed by atoms with van der Waals surface area (Å²) in [6, 6.07) is 7.40. The number of rotatable bonds is 6. The third kappa shape index (κ3) is 4.96. The third-order valence-corrected chi connectivity index (χ3v) is 4.48. The average Bonchev–Trinajstić information content (AvgIpc) is 2.28. The van der Waals surface area contributed by atoms with Crippen molar-refractivity contribution in [2.45, 2.75) is 20.3 Å². The quantitative estimate of drug-likeness (QED) is 0.812. The lowest BCUT2D eigenvalue weighted by atomic mass is 10.2. The summed E-state index contributed by atoms with van der Waals surface area (Å²) in [7, 11) is -3.30. The highest BCUT2D eigenvalue weighted by atomic mass is 35.5. The molecule has 1 aromatic rings. The largest absolute Gasteiger partial charge is 0.284 e. The summed E-state index contributed by atoms with van der Waals surface area (Å²) >= 11 is 5.61. The zero-order valence-electron chi connectivity index (χ0n) is 10.1. The summed E-state index contributed by atoms with van der Waals surface area (Å²) in [5, 5.41) is 0. The molecule has 3 nitrogen and oxygen atoms in total. The van der Waals surface area contributed by atoms with Crippen LogP contribution in [0.1, 0.15) is 19.4 Å². The minimum atomic E-state index is -3.30. The van der Waals surface area contributed by atoms with Gasteiger partial charge in [0.15, 0.2) is 0 Å². The van der Waals surface area contributed by atoms with E-state index in [9.17, 15) is 8.42 Å². The highest BCUT2D eigenvalue weighted by molar-refractivity contribution is 7.92. The summed E-state index contributed by atoms with van der Waals surface area (Å²) in [6.45, 7) is 3.87. The molecule has 0 aliphatic heterocycles. The van der Waals surface area contributed by atoms with Crippen molar-refractivity contribution in [3.05, 3.63) is 29.8 Å². The molecule has 0 amide bonds. The molecule has 1 unspecified atom stereocenters. The zero-order valence-corrected chi connectivity index (χ0v) is 11.7. The Morgan fingerprint density at radius 2 is 1.88 bits per heavy atom. The van der Waals surface area contributed by atoms with Crippen LogP contribution in [0.3, 0.4) is 0 Å². The van der Waals surface area contributed by atoms with Gasteiger partial charge in [-0.15, -0.1) is 11.6 Å². The van der Waals surface area contributed by atoms with Crippen LogP contribution in [-0.2, 0) is 16.4 Å². The number of nitrogens with one attached hydrogen (secondary N) is 1. The predicted octanol–water partition coefficient (Wildman–Crippen LogP) is 2.87. The van der Waals surface area contributed by atoms with Crippen molar-refractivity contribution < 1.29 is 8.42 Å². The van der Waals surface area contributed by atoms with Crippen molar-refractivity contribution in [3.8, 4) is 0 Å². The number of hydrogen-bond acceptors (Lipinski definition) is 2. The fourth-order valence-electron chi connectivity index (χ4n) is 1.45. The first-order valence-corrected chi connectivity index (χ1v) is 7.81. The number of halogens is 1. The average molecular weight is 276 g/mol. The lowest BCUT2D eigenvalue weighted by molar-refractivity contribution is 0.588. The van der Waals surface area contributed by atoms with Gasteiger partial charge in [0.25, 0.3) is 0 Å². The van der Waals surface area contributed by atoms with E-state index in [-0.39, 0.29) is 11.7 Å². The van der Waals surface area contributed by atoms with Gasteiger partial charge in [-0.2, -0.15) is 0 Å². The van der Waals surface area contributed by atoms with Crippen LogP contribution < -0.4 is 4.72 Å². The molecule has 1 aromatic carbocycles. The van der Waals surface area contributed by atoms with Crippen LogP contribution in [0.4, 0.5) is 5.69 Å². The summed E-state index contributed by atoms with van der Waals surface area (Å²) in [5.74, 6) is 0.339. The first kappa shape index (κ1) is 14.3. The Labute approximate surface area is 108 Å². The first-order chi connectivity index (χ1) is 7.96. The molecule has 5 heteroatoms. The Morgan fingerprint density at radius 1 is 1.29 bits per heavy atom. The smallest absolute Gasteiger partial charge is 0.233 e. The van der Waals surface area contributed by atoms with Crippen LogP contribution in [0, 0.1) is 5.92 Å². The van der Waals surface area contributed by atoms with Crippen LogP contribution >= 0.6 is 11.6 Å². The van der Waals surface area contributed by atoms with E-state index in [0.717, 1.165) is 6.42 Å². The molecular formula is C12H18ClNO2S. The summed E-state index contributed by atoms with van der Waals surface area (Å²) in [6.07, 6.45) is 0.941. The second-order valence-electron chi connectivity index (χ2n) is 4.19. The van der Waals surface area contributed by atoms with Crippen molar-refractivity contribution in [2.24, 2.45) is 5.92 Å². The van der Waals surface area contributed by atoms with E-state index in [0.29, 0.717) is 11.6 Å². The fraction of sp³-hybridized carbons (Fsp3) is 0.500. The van der Waals surface area contributed by atoms with Gasteiger partial charge in [-0.1, -0.05) is 26.0 Å².